The smallest absolute Gasteiger partial charge is 0.226 e. The Morgan fingerprint density at radius 2 is 2.09 bits per heavy atom. The van der Waals surface area contributed by atoms with Crippen molar-refractivity contribution >= 4 is 27.7 Å². The minimum absolute atomic E-state index is 0.00914. The van der Waals surface area contributed by atoms with Gasteiger partial charge in [0.25, 0.3) is 0 Å². The number of piperidine rings is 1. The van der Waals surface area contributed by atoms with Gasteiger partial charge in [-0.3, -0.25) is 9.59 Å². The van der Waals surface area contributed by atoms with E-state index in [1.54, 1.807) is 6.08 Å². The molecular weight excluding hydrogens is 344 g/mol. The molecule has 0 atom stereocenters. The van der Waals surface area contributed by atoms with Crippen LogP contribution < -0.4 is 5.32 Å². The number of carbonyl (C=O) groups is 2. The Morgan fingerprint density at radius 1 is 1.36 bits per heavy atom. The molecule has 1 fully saturated rings. The molecule has 2 amide bonds. The van der Waals surface area contributed by atoms with Gasteiger partial charge in [0.15, 0.2) is 0 Å². The normalized spacial score (nSPS) is 15.4. The van der Waals surface area contributed by atoms with E-state index in [1.165, 1.54) is 0 Å². The first-order valence-electron chi connectivity index (χ1n) is 7.51. The van der Waals surface area contributed by atoms with E-state index in [9.17, 15) is 9.59 Å². The Morgan fingerprint density at radius 3 is 2.73 bits per heavy atom. The molecule has 1 aromatic rings. The van der Waals surface area contributed by atoms with Crippen LogP contribution in [-0.4, -0.2) is 36.3 Å². The van der Waals surface area contributed by atoms with E-state index in [2.05, 4.69) is 27.8 Å². The maximum absolute atomic E-state index is 12.3. The summed E-state index contributed by atoms with van der Waals surface area (Å²) in [5.41, 5.74) is 1.00. The summed E-state index contributed by atoms with van der Waals surface area (Å²) >= 11 is 3.42. The van der Waals surface area contributed by atoms with Crippen LogP contribution in [-0.2, 0) is 16.0 Å². The second-order valence-corrected chi connectivity index (χ2v) is 6.41. The zero-order chi connectivity index (χ0) is 15.9. The highest BCUT2D eigenvalue weighted by molar-refractivity contribution is 9.10. The van der Waals surface area contributed by atoms with Gasteiger partial charge < -0.3 is 10.2 Å². The number of nitrogens with one attached hydrogen (secondary N) is 1. The van der Waals surface area contributed by atoms with Crippen LogP contribution in [0.1, 0.15) is 18.4 Å². The number of likely N-dealkylation sites (tertiary alicyclic amines) is 1. The third-order valence-corrected chi connectivity index (χ3v) is 4.38. The molecule has 2 rings (SSSR count). The summed E-state index contributed by atoms with van der Waals surface area (Å²) in [6.45, 7) is 5.39. The number of amides is 2. The molecule has 0 aliphatic carbocycles. The summed E-state index contributed by atoms with van der Waals surface area (Å²) in [4.78, 5) is 26.1. The van der Waals surface area contributed by atoms with E-state index in [4.69, 9.17) is 0 Å². The van der Waals surface area contributed by atoms with Gasteiger partial charge in [-0.1, -0.05) is 34.1 Å². The SMILES string of the molecule is C=CCNC(=O)C1CCN(C(=O)Cc2cccc(Br)c2)CC1. The molecule has 1 N–H and O–H groups in total. The molecule has 118 valence electrons. The lowest BCUT2D eigenvalue weighted by Gasteiger charge is -2.31. The first-order chi connectivity index (χ1) is 10.6. The van der Waals surface area contributed by atoms with E-state index < -0.39 is 0 Å². The third kappa shape index (κ3) is 4.70. The van der Waals surface area contributed by atoms with E-state index in [0.29, 0.717) is 26.1 Å². The van der Waals surface area contributed by atoms with Gasteiger partial charge in [0.05, 0.1) is 6.42 Å². The van der Waals surface area contributed by atoms with Gasteiger partial charge in [0.1, 0.15) is 0 Å². The summed E-state index contributed by atoms with van der Waals surface area (Å²) in [6.07, 6.45) is 3.54. The van der Waals surface area contributed by atoms with Gasteiger partial charge in [0.2, 0.25) is 11.8 Å². The van der Waals surface area contributed by atoms with Crippen LogP contribution >= 0.6 is 15.9 Å². The quantitative estimate of drug-likeness (QED) is 0.816. The molecule has 1 saturated heterocycles. The number of hydrogen-bond donors (Lipinski definition) is 1. The number of benzene rings is 1. The first-order valence-corrected chi connectivity index (χ1v) is 8.30. The van der Waals surface area contributed by atoms with Gasteiger partial charge in [-0.2, -0.15) is 0 Å². The summed E-state index contributed by atoms with van der Waals surface area (Å²) < 4.78 is 0.982. The number of hydrogen-bond acceptors (Lipinski definition) is 2. The van der Waals surface area contributed by atoms with Crippen molar-refractivity contribution in [1.29, 1.82) is 0 Å². The largest absolute Gasteiger partial charge is 0.352 e. The molecule has 0 bridgehead atoms. The lowest BCUT2D eigenvalue weighted by Crippen LogP contribution is -2.43. The molecule has 1 aliphatic rings. The zero-order valence-corrected chi connectivity index (χ0v) is 14.1. The zero-order valence-electron chi connectivity index (χ0n) is 12.6. The summed E-state index contributed by atoms with van der Waals surface area (Å²) in [5.74, 6) is 0.205. The lowest BCUT2D eigenvalue weighted by atomic mass is 9.95. The highest BCUT2D eigenvalue weighted by atomic mass is 79.9. The van der Waals surface area contributed by atoms with Gasteiger partial charge in [-0.25, -0.2) is 0 Å². The molecular formula is C17H21BrN2O2. The maximum Gasteiger partial charge on any atom is 0.226 e. The molecule has 22 heavy (non-hydrogen) atoms. The predicted molar refractivity (Wildman–Crippen MR) is 90.4 cm³/mol. The Bertz CT molecular complexity index is 551. The van der Waals surface area contributed by atoms with Crippen molar-refractivity contribution in [2.75, 3.05) is 19.6 Å². The molecule has 1 heterocycles. The molecule has 1 aromatic carbocycles. The molecule has 0 radical (unpaired) electrons. The Hall–Kier alpha value is -1.62. The van der Waals surface area contributed by atoms with Crippen LogP contribution in [0.25, 0.3) is 0 Å². The standard InChI is InChI=1S/C17H21BrN2O2/c1-2-8-19-17(22)14-6-9-20(10-7-14)16(21)12-13-4-3-5-15(18)11-13/h2-5,11,14H,1,6-10,12H2,(H,19,22). The first kappa shape index (κ1) is 16.7. The van der Waals surface area contributed by atoms with Crippen molar-refractivity contribution in [2.24, 2.45) is 5.92 Å². The topological polar surface area (TPSA) is 49.4 Å². The maximum atomic E-state index is 12.3. The number of nitrogens with zero attached hydrogens (tertiary/aromatic N) is 1. The van der Waals surface area contributed by atoms with E-state index in [0.717, 1.165) is 22.9 Å². The van der Waals surface area contributed by atoms with Crippen molar-refractivity contribution in [1.82, 2.24) is 10.2 Å². The average molecular weight is 365 g/mol. The van der Waals surface area contributed by atoms with Gasteiger partial charge in [0, 0.05) is 30.0 Å². The molecule has 0 saturated carbocycles. The van der Waals surface area contributed by atoms with Crippen LogP contribution in [0.15, 0.2) is 41.4 Å². The summed E-state index contributed by atoms with van der Waals surface area (Å²) in [6, 6.07) is 7.80. The molecule has 0 unspecified atom stereocenters. The third-order valence-electron chi connectivity index (χ3n) is 3.88. The van der Waals surface area contributed by atoms with Crippen molar-refractivity contribution in [3.05, 3.63) is 47.0 Å². The Labute approximate surface area is 139 Å². The number of rotatable bonds is 5. The van der Waals surface area contributed by atoms with Crippen molar-refractivity contribution in [3.8, 4) is 0 Å². The van der Waals surface area contributed by atoms with Gasteiger partial charge in [-0.05, 0) is 30.5 Å². The predicted octanol–water partition coefficient (Wildman–Crippen LogP) is 2.53. The fourth-order valence-electron chi connectivity index (χ4n) is 2.64. The van der Waals surface area contributed by atoms with Gasteiger partial charge >= 0.3 is 0 Å². The van der Waals surface area contributed by atoms with Crippen LogP contribution in [0.3, 0.4) is 0 Å². The summed E-state index contributed by atoms with van der Waals surface area (Å²) in [5, 5.41) is 2.83. The fourth-order valence-corrected chi connectivity index (χ4v) is 3.09. The van der Waals surface area contributed by atoms with E-state index >= 15 is 0 Å². The minimum Gasteiger partial charge on any atom is -0.352 e. The van der Waals surface area contributed by atoms with Crippen LogP contribution in [0.5, 0.6) is 0 Å². The van der Waals surface area contributed by atoms with Crippen LogP contribution in [0, 0.1) is 5.92 Å². The second kappa shape index (κ2) is 8.13. The highest BCUT2D eigenvalue weighted by Gasteiger charge is 2.26. The summed E-state index contributed by atoms with van der Waals surface area (Å²) in [7, 11) is 0. The fraction of sp³-hybridized carbons (Fsp3) is 0.412. The van der Waals surface area contributed by atoms with E-state index in [-0.39, 0.29) is 17.7 Å². The monoisotopic (exact) mass is 364 g/mol. The van der Waals surface area contributed by atoms with Crippen molar-refractivity contribution in [2.45, 2.75) is 19.3 Å². The molecule has 0 spiro atoms. The lowest BCUT2D eigenvalue weighted by molar-refractivity contribution is -0.135. The molecule has 1 aliphatic heterocycles. The molecule has 5 heteroatoms. The second-order valence-electron chi connectivity index (χ2n) is 5.50. The van der Waals surface area contributed by atoms with Crippen molar-refractivity contribution in [3.63, 3.8) is 0 Å². The average Bonchev–Trinajstić information content (AvgIpc) is 2.52. The Kier molecular flexibility index (Phi) is 6.19. The van der Waals surface area contributed by atoms with Crippen molar-refractivity contribution < 1.29 is 9.59 Å². The van der Waals surface area contributed by atoms with E-state index in [1.807, 2.05) is 29.2 Å². The minimum atomic E-state index is 0.00914. The highest BCUT2D eigenvalue weighted by Crippen LogP contribution is 2.19. The number of halogens is 1. The number of carbonyl (C=O) groups excluding carboxylic acids is 2. The molecule has 0 aromatic heterocycles. The Balaban J connectivity index is 1.82. The van der Waals surface area contributed by atoms with Crippen LogP contribution in [0.2, 0.25) is 0 Å². The van der Waals surface area contributed by atoms with Crippen LogP contribution in [0.4, 0.5) is 0 Å². The van der Waals surface area contributed by atoms with Gasteiger partial charge in [-0.15, -0.1) is 6.58 Å². The molecule has 4 nitrogen and oxygen atoms in total.